The maximum absolute atomic E-state index is 13.8. The fourth-order valence-corrected chi connectivity index (χ4v) is 3.68. The van der Waals surface area contributed by atoms with E-state index in [1.807, 2.05) is 31.0 Å². The van der Waals surface area contributed by atoms with E-state index in [1.165, 1.54) is 6.07 Å². The first-order chi connectivity index (χ1) is 13.9. The normalized spacial score (nSPS) is 18.2. The molecule has 2 aromatic carbocycles. The molecule has 7 heteroatoms. The Bertz CT molecular complexity index is 1010. The molecule has 0 saturated carbocycles. The molecule has 5 nitrogen and oxygen atoms in total. The number of hydrogen-bond acceptors (Lipinski definition) is 4. The van der Waals surface area contributed by atoms with E-state index in [4.69, 9.17) is 0 Å². The number of imide groups is 1. The van der Waals surface area contributed by atoms with Crippen molar-refractivity contribution in [3.05, 3.63) is 70.9 Å². The summed E-state index contributed by atoms with van der Waals surface area (Å²) >= 11 is 0. The molecule has 2 heterocycles. The molecule has 0 N–H and O–H groups in total. The van der Waals surface area contributed by atoms with Crippen molar-refractivity contribution in [2.75, 3.05) is 38.1 Å². The lowest BCUT2D eigenvalue weighted by Gasteiger charge is -2.34. The number of anilines is 1. The van der Waals surface area contributed by atoms with Crippen LogP contribution in [-0.2, 0) is 9.59 Å². The summed E-state index contributed by atoms with van der Waals surface area (Å²) in [5.41, 5.74) is 2.30. The van der Waals surface area contributed by atoms with Crippen LogP contribution in [0, 0.1) is 18.6 Å². The van der Waals surface area contributed by atoms with E-state index < -0.39 is 23.4 Å². The molecule has 0 atom stereocenters. The summed E-state index contributed by atoms with van der Waals surface area (Å²) in [4.78, 5) is 31.6. The van der Waals surface area contributed by atoms with Crippen LogP contribution in [0.15, 0.2) is 48.2 Å². The van der Waals surface area contributed by atoms with Gasteiger partial charge in [0.25, 0.3) is 11.8 Å². The van der Waals surface area contributed by atoms with Crippen molar-refractivity contribution in [1.29, 1.82) is 0 Å². The summed E-state index contributed by atoms with van der Waals surface area (Å²) in [7, 11) is 2.00. The molecule has 2 aliphatic heterocycles. The highest BCUT2D eigenvalue weighted by atomic mass is 19.2. The zero-order valence-electron chi connectivity index (χ0n) is 16.3. The average molecular weight is 397 g/mol. The fourth-order valence-electron chi connectivity index (χ4n) is 3.68. The van der Waals surface area contributed by atoms with Gasteiger partial charge in [-0.05, 0) is 31.7 Å². The Hall–Kier alpha value is -3.06. The third kappa shape index (κ3) is 3.42. The summed E-state index contributed by atoms with van der Waals surface area (Å²) in [5.74, 6) is -3.17. The second-order valence-corrected chi connectivity index (χ2v) is 7.42. The molecular formula is C22H21F2N3O2. The number of amides is 2. The predicted molar refractivity (Wildman–Crippen MR) is 106 cm³/mol. The van der Waals surface area contributed by atoms with Crippen LogP contribution in [0.5, 0.6) is 0 Å². The molecule has 1 saturated heterocycles. The first kappa shape index (κ1) is 19.3. The van der Waals surface area contributed by atoms with Gasteiger partial charge in [0.05, 0.1) is 11.3 Å². The summed E-state index contributed by atoms with van der Waals surface area (Å²) in [6.07, 6.45) is 0. The van der Waals surface area contributed by atoms with Gasteiger partial charge in [-0.2, -0.15) is 0 Å². The lowest BCUT2D eigenvalue weighted by Crippen LogP contribution is -2.46. The van der Waals surface area contributed by atoms with Gasteiger partial charge in [-0.25, -0.2) is 13.7 Å². The quantitative estimate of drug-likeness (QED) is 0.748. The van der Waals surface area contributed by atoms with Gasteiger partial charge < -0.3 is 9.80 Å². The Morgan fingerprint density at radius 3 is 2.10 bits per heavy atom. The number of piperazine rings is 1. The second kappa shape index (κ2) is 7.40. The van der Waals surface area contributed by atoms with Crippen LogP contribution in [-0.4, -0.2) is 54.8 Å². The Balaban J connectivity index is 1.81. The molecule has 0 aliphatic carbocycles. The topological polar surface area (TPSA) is 43.9 Å². The molecule has 0 aromatic heterocycles. The summed E-state index contributed by atoms with van der Waals surface area (Å²) in [6.45, 7) is 4.67. The lowest BCUT2D eigenvalue weighted by atomic mass is 10.0. The zero-order valence-corrected chi connectivity index (χ0v) is 16.3. The van der Waals surface area contributed by atoms with Crippen molar-refractivity contribution in [2.45, 2.75) is 6.92 Å². The Morgan fingerprint density at radius 2 is 1.48 bits per heavy atom. The Kier molecular flexibility index (Phi) is 4.92. The number of nitrogens with zero attached hydrogens (tertiary/aromatic N) is 3. The van der Waals surface area contributed by atoms with Crippen molar-refractivity contribution >= 4 is 23.1 Å². The highest BCUT2D eigenvalue weighted by Crippen LogP contribution is 2.35. The minimum Gasteiger partial charge on any atom is -0.364 e. The summed E-state index contributed by atoms with van der Waals surface area (Å²) in [6, 6.07) is 10.4. The minimum absolute atomic E-state index is 0.0210. The molecule has 0 unspecified atom stereocenters. The molecule has 4 rings (SSSR count). The number of benzene rings is 2. The fraction of sp³-hybridized carbons (Fsp3) is 0.273. The first-order valence-electron chi connectivity index (χ1n) is 9.45. The van der Waals surface area contributed by atoms with Gasteiger partial charge in [-0.1, -0.05) is 29.8 Å². The molecule has 2 amide bonds. The van der Waals surface area contributed by atoms with E-state index in [9.17, 15) is 18.4 Å². The Labute approximate surface area is 167 Å². The van der Waals surface area contributed by atoms with Crippen LogP contribution in [0.1, 0.15) is 11.1 Å². The highest BCUT2D eigenvalue weighted by molar-refractivity contribution is 6.45. The first-order valence-corrected chi connectivity index (χ1v) is 9.45. The van der Waals surface area contributed by atoms with Gasteiger partial charge >= 0.3 is 0 Å². The van der Waals surface area contributed by atoms with Crippen molar-refractivity contribution in [3.63, 3.8) is 0 Å². The van der Waals surface area contributed by atoms with Gasteiger partial charge in [0.2, 0.25) is 0 Å². The highest BCUT2D eigenvalue weighted by Gasteiger charge is 2.43. The standard InChI is InChI=1S/C22H21F2N3O2/c1-14-3-5-15(6-4-14)19-20(26-11-9-25(2)10-12-26)22(29)27(21(19)28)16-7-8-17(23)18(24)13-16/h3-8,13H,9-12H2,1-2H3. The minimum atomic E-state index is -1.10. The number of carbonyl (C=O) groups is 2. The monoisotopic (exact) mass is 397 g/mol. The molecule has 2 aromatic rings. The molecule has 29 heavy (non-hydrogen) atoms. The predicted octanol–water partition coefficient (Wildman–Crippen LogP) is 2.81. The second-order valence-electron chi connectivity index (χ2n) is 7.42. The lowest BCUT2D eigenvalue weighted by molar-refractivity contribution is -0.120. The van der Waals surface area contributed by atoms with E-state index in [0.717, 1.165) is 35.7 Å². The third-order valence-electron chi connectivity index (χ3n) is 5.38. The molecule has 0 spiro atoms. The number of aryl methyl sites for hydroxylation is 1. The van der Waals surface area contributed by atoms with Gasteiger partial charge in [-0.15, -0.1) is 0 Å². The number of likely N-dealkylation sites (N-methyl/N-ethyl adjacent to an activating group) is 1. The average Bonchev–Trinajstić information content (AvgIpc) is 2.96. The van der Waals surface area contributed by atoms with Gasteiger partial charge in [0.1, 0.15) is 5.70 Å². The SMILES string of the molecule is Cc1ccc(C2=C(N3CCN(C)CC3)C(=O)N(c3ccc(F)c(F)c3)C2=O)cc1. The van der Waals surface area contributed by atoms with Gasteiger partial charge in [0, 0.05) is 32.2 Å². The Morgan fingerprint density at radius 1 is 0.828 bits per heavy atom. The van der Waals surface area contributed by atoms with Crippen molar-refractivity contribution in [1.82, 2.24) is 9.80 Å². The van der Waals surface area contributed by atoms with Crippen molar-refractivity contribution in [2.24, 2.45) is 0 Å². The molecule has 2 aliphatic rings. The van der Waals surface area contributed by atoms with E-state index in [-0.39, 0.29) is 5.69 Å². The third-order valence-corrected chi connectivity index (χ3v) is 5.38. The number of halogens is 2. The van der Waals surface area contributed by atoms with E-state index in [0.29, 0.717) is 29.9 Å². The van der Waals surface area contributed by atoms with Crippen LogP contribution < -0.4 is 4.90 Å². The number of hydrogen-bond donors (Lipinski definition) is 0. The molecule has 1 fully saturated rings. The van der Waals surface area contributed by atoms with Crippen LogP contribution in [0.3, 0.4) is 0 Å². The van der Waals surface area contributed by atoms with Crippen LogP contribution >= 0.6 is 0 Å². The largest absolute Gasteiger partial charge is 0.364 e. The van der Waals surface area contributed by atoms with E-state index in [2.05, 4.69) is 4.90 Å². The van der Waals surface area contributed by atoms with Crippen LogP contribution in [0.4, 0.5) is 14.5 Å². The summed E-state index contributed by atoms with van der Waals surface area (Å²) in [5, 5.41) is 0. The number of carbonyl (C=O) groups excluding carboxylic acids is 2. The molecule has 0 bridgehead atoms. The molecule has 150 valence electrons. The van der Waals surface area contributed by atoms with Gasteiger partial charge in [-0.3, -0.25) is 9.59 Å². The zero-order chi connectivity index (χ0) is 20.7. The molecule has 0 radical (unpaired) electrons. The smallest absolute Gasteiger partial charge is 0.282 e. The molecular weight excluding hydrogens is 376 g/mol. The van der Waals surface area contributed by atoms with Gasteiger partial charge in [0.15, 0.2) is 11.6 Å². The number of rotatable bonds is 3. The van der Waals surface area contributed by atoms with E-state index >= 15 is 0 Å². The van der Waals surface area contributed by atoms with Crippen LogP contribution in [0.25, 0.3) is 5.57 Å². The maximum atomic E-state index is 13.8. The maximum Gasteiger partial charge on any atom is 0.282 e. The van der Waals surface area contributed by atoms with E-state index in [1.54, 1.807) is 12.1 Å². The van der Waals surface area contributed by atoms with Crippen molar-refractivity contribution in [3.8, 4) is 0 Å². The summed E-state index contributed by atoms with van der Waals surface area (Å²) < 4.78 is 27.2. The van der Waals surface area contributed by atoms with Crippen LogP contribution in [0.2, 0.25) is 0 Å². The van der Waals surface area contributed by atoms with Crippen molar-refractivity contribution < 1.29 is 18.4 Å².